The fraction of sp³-hybridized carbons (Fsp3) is 0.538. The van der Waals surface area contributed by atoms with E-state index < -0.39 is 10.0 Å². The number of hydrogen-bond acceptors (Lipinski definition) is 4. The van der Waals surface area contributed by atoms with Gasteiger partial charge >= 0.3 is 0 Å². The molecule has 0 radical (unpaired) electrons. The Morgan fingerprint density at radius 1 is 1.42 bits per heavy atom. The van der Waals surface area contributed by atoms with Crippen molar-refractivity contribution in [3.8, 4) is 5.75 Å². The first-order chi connectivity index (χ1) is 9.11. The normalized spacial score (nSPS) is 23.3. The van der Waals surface area contributed by atoms with E-state index in [9.17, 15) is 8.42 Å². The summed E-state index contributed by atoms with van der Waals surface area (Å²) in [5.41, 5.74) is 6.60. The van der Waals surface area contributed by atoms with Crippen LogP contribution in [0.1, 0.15) is 12.0 Å². The van der Waals surface area contributed by atoms with Gasteiger partial charge in [0.15, 0.2) is 0 Å². The van der Waals surface area contributed by atoms with Crippen molar-refractivity contribution >= 4 is 10.0 Å². The summed E-state index contributed by atoms with van der Waals surface area (Å²) in [7, 11) is -3.38. The second-order valence-electron chi connectivity index (χ2n) is 5.12. The van der Waals surface area contributed by atoms with Crippen molar-refractivity contribution in [2.75, 3.05) is 26.2 Å². The standard InChI is InChI=1S/C13H18N2O3S/c14-8-10-3-5-15(9-10)19(16,17)12-1-2-13-11(7-12)4-6-18-13/h1-2,7,10H,3-6,8-9,14H2. The first-order valence-electron chi connectivity index (χ1n) is 6.57. The van der Waals surface area contributed by atoms with Crippen LogP contribution in [0.4, 0.5) is 0 Å². The van der Waals surface area contributed by atoms with Crippen LogP contribution < -0.4 is 10.5 Å². The van der Waals surface area contributed by atoms with Gasteiger partial charge in [-0.2, -0.15) is 4.31 Å². The van der Waals surface area contributed by atoms with E-state index in [4.69, 9.17) is 10.5 Å². The minimum absolute atomic E-state index is 0.285. The molecule has 1 saturated heterocycles. The number of hydrogen-bond donors (Lipinski definition) is 1. The van der Waals surface area contributed by atoms with E-state index in [1.54, 1.807) is 22.5 Å². The highest BCUT2D eigenvalue weighted by Gasteiger charge is 2.32. The van der Waals surface area contributed by atoms with Gasteiger partial charge in [0, 0.05) is 19.5 Å². The minimum atomic E-state index is -3.38. The summed E-state index contributed by atoms with van der Waals surface area (Å²) in [5, 5.41) is 0. The highest BCUT2D eigenvalue weighted by molar-refractivity contribution is 7.89. The minimum Gasteiger partial charge on any atom is -0.493 e. The van der Waals surface area contributed by atoms with Crippen LogP contribution in [0.5, 0.6) is 5.75 Å². The van der Waals surface area contributed by atoms with Gasteiger partial charge in [0.05, 0.1) is 11.5 Å². The fourth-order valence-electron chi connectivity index (χ4n) is 2.68. The topological polar surface area (TPSA) is 72.6 Å². The van der Waals surface area contributed by atoms with Gasteiger partial charge in [0.25, 0.3) is 0 Å². The Hall–Kier alpha value is -1.11. The van der Waals surface area contributed by atoms with Crippen molar-refractivity contribution in [3.05, 3.63) is 23.8 Å². The lowest BCUT2D eigenvalue weighted by molar-refractivity contribution is 0.356. The third kappa shape index (κ3) is 2.24. The van der Waals surface area contributed by atoms with Gasteiger partial charge in [-0.1, -0.05) is 0 Å². The molecular formula is C13H18N2O3S. The van der Waals surface area contributed by atoms with Gasteiger partial charge in [-0.3, -0.25) is 0 Å². The summed E-state index contributed by atoms with van der Waals surface area (Å²) >= 11 is 0. The van der Waals surface area contributed by atoms with Crippen LogP contribution in [-0.4, -0.2) is 39.0 Å². The van der Waals surface area contributed by atoms with E-state index in [0.717, 1.165) is 24.2 Å². The van der Waals surface area contributed by atoms with E-state index in [2.05, 4.69) is 0 Å². The molecule has 2 aliphatic heterocycles. The number of fused-ring (bicyclic) bond motifs is 1. The molecule has 19 heavy (non-hydrogen) atoms. The van der Waals surface area contributed by atoms with Crippen molar-refractivity contribution in [1.82, 2.24) is 4.31 Å². The van der Waals surface area contributed by atoms with Crippen LogP contribution >= 0.6 is 0 Å². The number of benzene rings is 1. The Bertz CT molecular complexity index is 586. The zero-order chi connectivity index (χ0) is 13.5. The molecule has 104 valence electrons. The van der Waals surface area contributed by atoms with Crippen molar-refractivity contribution in [2.45, 2.75) is 17.7 Å². The average molecular weight is 282 g/mol. The quantitative estimate of drug-likeness (QED) is 0.880. The van der Waals surface area contributed by atoms with Crippen LogP contribution in [0.25, 0.3) is 0 Å². The van der Waals surface area contributed by atoms with E-state index in [1.807, 2.05) is 0 Å². The Balaban J connectivity index is 1.88. The molecule has 0 bridgehead atoms. The molecule has 1 atom stereocenters. The first kappa shape index (κ1) is 12.9. The maximum absolute atomic E-state index is 12.5. The molecule has 1 aromatic carbocycles. The molecule has 1 fully saturated rings. The smallest absolute Gasteiger partial charge is 0.243 e. The van der Waals surface area contributed by atoms with E-state index in [1.165, 1.54) is 0 Å². The number of nitrogens with zero attached hydrogens (tertiary/aromatic N) is 1. The summed E-state index contributed by atoms with van der Waals surface area (Å²) in [6.45, 7) is 2.28. The number of ether oxygens (including phenoxy) is 1. The first-order valence-corrected chi connectivity index (χ1v) is 8.01. The molecule has 0 saturated carbocycles. The summed E-state index contributed by atoms with van der Waals surface area (Å²) in [6.07, 6.45) is 1.63. The highest BCUT2D eigenvalue weighted by atomic mass is 32.2. The lowest BCUT2D eigenvalue weighted by Gasteiger charge is -2.16. The predicted octanol–water partition coefficient (Wildman–Crippen LogP) is 0.591. The fourth-order valence-corrected chi connectivity index (χ4v) is 4.26. The summed E-state index contributed by atoms with van der Waals surface area (Å²) in [4.78, 5) is 0.370. The lowest BCUT2D eigenvalue weighted by atomic mass is 10.1. The third-order valence-corrected chi connectivity index (χ3v) is 5.74. The van der Waals surface area contributed by atoms with Crippen LogP contribution in [0.2, 0.25) is 0 Å². The molecule has 6 heteroatoms. The molecule has 2 aliphatic rings. The summed E-state index contributed by atoms with van der Waals surface area (Å²) < 4.78 is 32.0. The zero-order valence-electron chi connectivity index (χ0n) is 10.7. The van der Waals surface area contributed by atoms with Crippen molar-refractivity contribution in [1.29, 1.82) is 0 Å². The van der Waals surface area contributed by atoms with Gasteiger partial charge in [-0.15, -0.1) is 0 Å². The molecule has 2 heterocycles. The molecule has 0 aliphatic carbocycles. The molecule has 0 aromatic heterocycles. The van der Waals surface area contributed by atoms with Crippen LogP contribution in [0, 0.1) is 5.92 Å². The SMILES string of the molecule is NCC1CCN(S(=O)(=O)c2ccc3c(c2)CCO3)C1. The Morgan fingerprint density at radius 3 is 3.00 bits per heavy atom. The molecule has 5 nitrogen and oxygen atoms in total. The molecule has 0 amide bonds. The Kier molecular flexibility index (Phi) is 3.24. The Morgan fingerprint density at radius 2 is 2.26 bits per heavy atom. The van der Waals surface area contributed by atoms with Gasteiger partial charge < -0.3 is 10.5 Å². The zero-order valence-corrected chi connectivity index (χ0v) is 11.5. The summed E-state index contributed by atoms with van der Waals surface area (Å²) in [6, 6.07) is 5.13. The van der Waals surface area contributed by atoms with Gasteiger partial charge in [-0.25, -0.2) is 8.42 Å². The van der Waals surface area contributed by atoms with Crippen molar-refractivity contribution < 1.29 is 13.2 Å². The third-order valence-electron chi connectivity index (χ3n) is 3.88. The molecular weight excluding hydrogens is 264 g/mol. The number of rotatable bonds is 3. The summed E-state index contributed by atoms with van der Waals surface area (Å²) in [5.74, 6) is 1.09. The highest BCUT2D eigenvalue weighted by Crippen LogP contribution is 2.30. The van der Waals surface area contributed by atoms with Gasteiger partial charge in [0.1, 0.15) is 5.75 Å². The van der Waals surface area contributed by atoms with E-state index in [0.29, 0.717) is 31.1 Å². The van der Waals surface area contributed by atoms with Crippen LogP contribution in [-0.2, 0) is 16.4 Å². The molecule has 0 spiro atoms. The second-order valence-corrected chi connectivity index (χ2v) is 7.06. The lowest BCUT2D eigenvalue weighted by Crippen LogP contribution is -2.30. The van der Waals surface area contributed by atoms with Gasteiger partial charge in [-0.05, 0) is 42.6 Å². The molecule has 3 rings (SSSR count). The van der Waals surface area contributed by atoms with E-state index in [-0.39, 0.29) is 5.92 Å². The second kappa shape index (κ2) is 4.77. The van der Waals surface area contributed by atoms with Gasteiger partial charge in [0.2, 0.25) is 10.0 Å². The average Bonchev–Trinajstić information content (AvgIpc) is 3.06. The van der Waals surface area contributed by atoms with Crippen LogP contribution in [0.3, 0.4) is 0 Å². The molecule has 1 unspecified atom stereocenters. The maximum atomic E-state index is 12.5. The largest absolute Gasteiger partial charge is 0.493 e. The van der Waals surface area contributed by atoms with Crippen molar-refractivity contribution in [2.24, 2.45) is 11.7 Å². The molecule has 1 aromatic rings. The molecule has 2 N–H and O–H groups in total. The number of sulfonamides is 1. The van der Waals surface area contributed by atoms with E-state index >= 15 is 0 Å². The van der Waals surface area contributed by atoms with Crippen LogP contribution in [0.15, 0.2) is 23.1 Å². The number of nitrogens with two attached hydrogens (primary N) is 1. The predicted molar refractivity (Wildman–Crippen MR) is 71.6 cm³/mol. The Labute approximate surface area is 113 Å². The maximum Gasteiger partial charge on any atom is 0.243 e. The monoisotopic (exact) mass is 282 g/mol. The van der Waals surface area contributed by atoms with Crippen molar-refractivity contribution in [3.63, 3.8) is 0 Å².